The van der Waals surface area contributed by atoms with E-state index in [1.54, 1.807) is 0 Å². The Balaban J connectivity index is 4.07. The number of hydrogen-bond acceptors (Lipinski definition) is 2. The van der Waals surface area contributed by atoms with Gasteiger partial charge in [0.1, 0.15) is 6.54 Å². The lowest BCUT2D eigenvalue weighted by Gasteiger charge is -2.04. The molecule has 0 atom stereocenters. The minimum absolute atomic E-state index is 0.349. The van der Waals surface area contributed by atoms with Crippen molar-refractivity contribution < 1.29 is 13.2 Å². The van der Waals surface area contributed by atoms with Crippen LogP contribution in [0.15, 0.2) is 16.8 Å². The number of halogens is 3. The van der Waals surface area contributed by atoms with Crippen LogP contribution >= 0.6 is 0 Å². The molecule has 0 aliphatic carbocycles. The van der Waals surface area contributed by atoms with Crippen molar-refractivity contribution in [3.8, 4) is 0 Å². The molecule has 0 amide bonds. The predicted molar refractivity (Wildman–Crippen MR) is 51.1 cm³/mol. The van der Waals surface area contributed by atoms with Crippen LogP contribution in [-0.4, -0.2) is 18.9 Å². The van der Waals surface area contributed by atoms with Crippen molar-refractivity contribution >= 4 is 6.21 Å². The molecule has 2 N–H and O–H groups in total. The van der Waals surface area contributed by atoms with Crippen molar-refractivity contribution in [2.24, 2.45) is 16.6 Å². The first-order chi connectivity index (χ1) is 6.35. The van der Waals surface area contributed by atoms with Gasteiger partial charge in [0, 0.05) is 6.21 Å². The van der Waals surface area contributed by atoms with Crippen molar-refractivity contribution in [3.63, 3.8) is 0 Å². The summed E-state index contributed by atoms with van der Waals surface area (Å²) in [5.74, 6) is 0.349. The summed E-state index contributed by atoms with van der Waals surface area (Å²) in [6.45, 7) is 2.77. The van der Waals surface area contributed by atoms with E-state index in [-0.39, 0.29) is 0 Å². The standard InChI is InChI=1S/C9H15F3N2/c1-7(2)3-8(4-13)5-14-6-9(10,11)12/h4-5,7H,3,6,13H2,1-2H3/b8-4-,14-5?. The Hall–Kier alpha value is -1.00. The maximum atomic E-state index is 11.7. The Bertz CT molecular complexity index is 217. The highest BCUT2D eigenvalue weighted by atomic mass is 19.4. The predicted octanol–water partition coefficient (Wildman–Crippen LogP) is 2.51. The van der Waals surface area contributed by atoms with Gasteiger partial charge in [0.2, 0.25) is 0 Å². The van der Waals surface area contributed by atoms with E-state index in [9.17, 15) is 13.2 Å². The zero-order valence-electron chi connectivity index (χ0n) is 8.30. The van der Waals surface area contributed by atoms with Crippen LogP contribution in [0.2, 0.25) is 0 Å². The maximum absolute atomic E-state index is 11.7. The number of alkyl halides is 3. The van der Waals surface area contributed by atoms with Gasteiger partial charge in [-0.05, 0) is 24.1 Å². The molecule has 82 valence electrons. The lowest BCUT2D eigenvalue weighted by atomic mass is 10.1. The second kappa shape index (κ2) is 5.67. The van der Waals surface area contributed by atoms with Gasteiger partial charge in [-0.3, -0.25) is 4.99 Å². The number of allylic oxidation sites excluding steroid dienone is 1. The van der Waals surface area contributed by atoms with E-state index >= 15 is 0 Å². The number of rotatable bonds is 4. The smallest absolute Gasteiger partial charge is 0.404 e. The summed E-state index contributed by atoms with van der Waals surface area (Å²) in [4.78, 5) is 3.27. The van der Waals surface area contributed by atoms with Crippen LogP contribution in [0, 0.1) is 5.92 Å². The summed E-state index contributed by atoms with van der Waals surface area (Å²) in [5.41, 5.74) is 5.87. The summed E-state index contributed by atoms with van der Waals surface area (Å²) < 4.78 is 35.1. The largest absolute Gasteiger partial charge is 0.407 e. The Labute approximate surface area is 81.7 Å². The van der Waals surface area contributed by atoms with Crippen molar-refractivity contribution in [1.82, 2.24) is 0 Å². The number of hydrogen-bond donors (Lipinski definition) is 1. The van der Waals surface area contributed by atoms with Gasteiger partial charge in [-0.1, -0.05) is 13.8 Å². The average Bonchev–Trinajstić information content (AvgIpc) is 1.99. The second-order valence-corrected chi connectivity index (χ2v) is 3.42. The molecule has 0 unspecified atom stereocenters. The van der Waals surface area contributed by atoms with E-state index in [2.05, 4.69) is 4.99 Å². The first kappa shape index (κ1) is 13.0. The SMILES string of the molecule is CC(C)C/C(C=NCC(F)(F)F)=C/N. The van der Waals surface area contributed by atoms with Crippen LogP contribution < -0.4 is 5.73 Å². The molecule has 0 aromatic heterocycles. The van der Waals surface area contributed by atoms with Crippen LogP contribution in [0.1, 0.15) is 20.3 Å². The minimum Gasteiger partial charge on any atom is -0.404 e. The lowest BCUT2D eigenvalue weighted by Crippen LogP contribution is -2.12. The molecule has 0 heterocycles. The van der Waals surface area contributed by atoms with E-state index in [1.807, 2.05) is 13.8 Å². The first-order valence-corrected chi connectivity index (χ1v) is 4.32. The minimum atomic E-state index is -4.24. The van der Waals surface area contributed by atoms with Crippen LogP contribution in [-0.2, 0) is 0 Å². The summed E-state index contributed by atoms with van der Waals surface area (Å²) in [6.07, 6.45) is -1.13. The molecule has 0 aromatic rings. The maximum Gasteiger partial charge on any atom is 0.407 e. The molecule has 0 bridgehead atoms. The summed E-state index contributed by atoms with van der Waals surface area (Å²) >= 11 is 0. The topological polar surface area (TPSA) is 38.4 Å². The lowest BCUT2D eigenvalue weighted by molar-refractivity contribution is -0.118. The van der Waals surface area contributed by atoms with Crippen LogP contribution in [0.4, 0.5) is 13.2 Å². The van der Waals surface area contributed by atoms with Gasteiger partial charge in [0.15, 0.2) is 0 Å². The third-order valence-electron chi connectivity index (χ3n) is 1.39. The highest BCUT2D eigenvalue weighted by Gasteiger charge is 2.25. The quantitative estimate of drug-likeness (QED) is 0.708. The molecule has 0 spiro atoms. The van der Waals surface area contributed by atoms with Gasteiger partial charge in [-0.25, -0.2) is 0 Å². The number of nitrogens with zero attached hydrogens (tertiary/aromatic N) is 1. The number of nitrogens with two attached hydrogens (primary N) is 1. The first-order valence-electron chi connectivity index (χ1n) is 4.32. The molecule has 0 saturated carbocycles. The Kier molecular flexibility index (Phi) is 5.27. The summed E-state index contributed by atoms with van der Waals surface area (Å²) in [7, 11) is 0. The van der Waals surface area contributed by atoms with Gasteiger partial charge >= 0.3 is 6.18 Å². The van der Waals surface area contributed by atoms with Crippen LogP contribution in [0.3, 0.4) is 0 Å². The molecular weight excluding hydrogens is 193 g/mol. The third-order valence-corrected chi connectivity index (χ3v) is 1.39. The van der Waals surface area contributed by atoms with Crippen molar-refractivity contribution in [2.75, 3.05) is 6.54 Å². The van der Waals surface area contributed by atoms with Gasteiger partial charge in [0.25, 0.3) is 0 Å². The van der Waals surface area contributed by atoms with Gasteiger partial charge < -0.3 is 5.73 Å². The summed E-state index contributed by atoms with van der Waals surface area (Å²) in [5, 5.41) is 0. The molecular formula is C9H15F3N2. The molecule has 0 aliphatic heterocycles. The zero-order valence-corrected chi connectivity index (χ0v) is 8.30. The van der Waals surface area contributed by atoms with Gasteiger partial charge in [-0.2, -0.15) is 13.2 Å². The molecule has 0 saturated heterocycles. The van der Waals surface area contributed by atoms with Gasteiger partial charge in [-0.15, -0.1) is 0 Å². The van der Waals surface area contributed by atoms with E-state index in [0.29, 0.717) is 17.9 Å². The molecule has 14 heavy (non-hydrogen) atoms. The van der Waals surface area contributed by atoms with Crippen LogP contribution in [0.25, 0.3) is 0 Å². The molecule has 0 radical (unpaired) electrons. The highest BCUT2D eigenvalue weighted by molar-refractivity contribution is 5.78. The average molecular weight is 208 g/mol. The Morgan fingerprint density at radius 1 is 1.43 bits per heavy atom. The molecule has 5 heteroatoms. The van der Waals surface area contributed by atoms with E-state index < -0.39 is 12.7 Å². The van der Waals surface area contributed by atoms with E-state index in [4.69, 9.17) is 5.73 Å². The van der Waals surface area contributed by atoms with E-state index in [1.165, 1.54) is 12.4 Å². The fourth-order valence-corrected chi connectivity index (χ4v) is 0.902. The molecule has 0 aromatic carbocycles. The molecule has 2 nitrogen and oxygen atoms in total. The van der Waals surface area contributed by atoms with Gasteiger partial charge in [0.05, 0.1) is 0 Å². The third kappa shape index (κ3) is 7.64. The number of aliphatic imine (C=N–C) groups is 1. The van der Waals surface area contributed by atoms with Crippen LogP contribution in [0.5, 0.6) is 0 Å². The highest BCUT2D eigenvalue weighted by Crippen LogP contribution is 2.14. The fraction of sp³-hybridized carbons (Fsp3) is 0.667. The van der Waals surface area contributed by atoms with Crippen molar-refractivity contribution in [2.45, 2.75) is 26.4 Å². The van der Waals surface area contributed by atoms with Crippen molar-refractivity contribution in [3.05, 3.63) is 11.8 Å². The summed E-state index contributed by atoms with van der Waals surface area (Å²) in [6, 6.07) is 0. The monoisotopic (exact) mass is 208 g/mol. The molecule has 0 aliphatic rings. The Morgan fingerprint density at radius 2 is 2.00 bits per heavy atom. The van der Waals surface area contributed by atoms with E-state index in [0.717, 1.165) is 0 Å². The molecule has 0 rings (SSSR count). The normalized spacial score (nSPS) is 14.3. The second-order valence-electron chi connectivity index (χ2n) is 3.42. The fourth-order valence-electron chi connectivity index (χ4n) is 0.902. The zero-order chi connectivity index (χ0) is 11.2. The molecule has 0 fully saturated rings. The van der Waals surface area contributed by atoms with Crippen molar-refractivity contribution in [1.29, 1.82) is 0 Å². The Morgan fingerprint density at radius 3 is 2.36 bits per heavy atom.